The highest BCUT2D eigenvalue weighted by Gasteiger charge is 2.26. The van der Waals surface area contributed by atoms with E-state index in [0.717, 1.165) is 13.1 Å². The van der Waals surface area contributed by atoms with Gasteiger partial charge in [-0.3, -0.25) is 4.90 Å². The van der Waals surface area contributed by atoms with Gasteiger partial charge < -0.3 is 5.32 Å². The number of rotatable bonds is 2. The Kier molecular flexibility index (Phi) is 3.22. The average molecular weight is 174 g/mol. The first-order chi connectivity index (χ1) is 5.17. The largest absolute Gasteiger partial charge is 0.314 e. The molecule has 1 aliphatic rings. The number of nitrogens with zero attached hydrogens (tertiary/aromatic N) is 1. The van der Waals surface area contributed by atoms with E-state index in [9.17, 15) is 0 Å². The second-order valence-corrected chi connectivity index (χ2v) is 4.80. The molecular weight excluding hydrogens is 156 g/mol. The van der Waals surface area contributed by atoms with Crippen molar-refractivity contribution in [3.05, 3.63) is 0 Å². The van der Waals surface area contributed by atoms with Crippen molar-refractivity contribution in [2.45, 2.75) is 18.7 Å². The second kappa shape index (κ2) is 3.78. The third-order valence-corrected chi connectivity index (χ3v) is 3.64. The maximum atomic E-state index is 3.36. The summed E-state index contributed by atoms with van der Waals surface area (Å²) in [7, 11) is 0. The molecule has 3 heteroatoms. The zero-order chi connectivity index (χ0) is 8.32. The molecule has 1 fully saturated rings. The van der Waals surface area contributed by atoms with Crippen LogP contribution in [0.4, 0.5) is 0 Å². The van der Waals surface area contributed by atoms with Crippen molar-refractivity contribution in [3.8, 4) is 0 Å². The van der Waals surface area contributed by atoms with E-state index in [1.54, 1.807) is 0 Å². The Hall–Kier alpha value is 0.270. The van der Waals surface area contributed by atoms with Crippen LogP contribution in [0.2, 0.25) is 0 Å². The summed E-state index contributed by atoms with van der Waals surface area (Å²) in [6, 6.07) is 0. The monoisotopic (exact) mass is 174 g/mol. The molecule has 2 nitrogen and oxygen atoms in total. The molecule has 0 radical (unpaired) electrons. The van der Waals surface area contributed by atoms with Gasteiger partial charge in [0, 0.05) is 26.2 Å². The Morgan fingerprint density at radius 1 is 1.27 bits per heavy atom. The Balaban J connectivity index is 2.43. The molecule has 11 heavy (non-hydrogen) atoms. The number of nitrogens with one attached hydrogen (secondary N) is 1. The average Bonchev–Trinajstić information content (AvgIpc) is 2.06. The molecule has 1 N–H and O–H groups in total. The lowest BCUT2D eigenvalue weighted by Gasteiger charge is -2.39. The van der Waals surface area contributed by atoms with Crippen LogP contribution in [0.5, 0.6) is 0 Å². The second-order valence-electron chi connectivity index (χ2n) is 3.39. The van der Waals surface area contributed by atoms with E-state index >= 15 is 0 Å². The van der Waals surface area contributed by atoms with Gasteiger partial charge in [-0.05, 0) is 20.1 Å². The standard InChI is InChI=1S/C8H18N2S/c1-8(2,11-3)10-6-4-9-5-7-10/h9H,4-7H2,1-3H3. The predicted octanol–water partition coefficient (Wildman–Crippen LogP) is 0.991. The van der Waals surface area contributed by atoms with E-state index in [2.05, 4.69) is 30.3 Å². The number of hydrogen-bond donors (Lipinski definition) is 1. The van der Waals surface area contributed by atoms with Gasteiger partial charge in [0.25, 0.3) is 0 Å². The van der Waals surface area contributed by atoms with Crippen molar-refractivity contribution < 1.29 is 0 Å². The third kappa shape index (κ3) is 2.36. The molecule has 0 aliphatic carbocycles. The lowest BCUT2D eigenvalue weighted by Crippen LogP contribution is -2.51. The van der Waals surface area contributed by atoms with E-state index in [1.807, 2.05) is 11.8 Å². The molecule has 0 atom stereocenters. The number of piperazine rings is 1. The smallest absolute Gasteiger partial charge is 0.0611 e. The summed E-state index contributed by atoms with van der Waals surface area (Å²) in [4.78, 5) is 2.86. The van der Waals surface area contributed by atoms with Crippen molar-refractivity contribution in [1.29, 1.82) is 0 Å². The molecular formula is C8H18N2S. The van der Waals surface area contributed by atoms with Crippen LogP contribution in [0.25, 0.3) is 0 Å². The minimum atomic E-state index is 0.322. The first-order valence-electron chi connectivity index (χ1n) is 4.18. The molecule has 1 saturated heterocycles. The maximum Gasteiger partial charge on any atom is 0.0611 e. The molecule has 0 aromatic rings. The molecule has 0 aromatic carbocycles. The minimum Gasteiger partial charge on any atom is -0.314 e. The van der Waals surface area contributed by atoms with Gasteiger partial charge >= 0.3 is 0 Å². The molecule has 1 heterocycles. The van der Waals surface area contributed by atoms with Gasteiger partial charge in [-0.25, -0.2) is 0 Å². The van der Waals surface area contributed by atoms with Gasteiger partial charge in [-0.2, -0.15) is 0 Å². The summed E-state index contributed by atoms with van der Waals surface area (Å²) in [5.41, 5.74) is 0. The maximum absolute atomic E-state index is 3.36. The zero-order valence-corrected chi connectivity index (χ0v) is 8.50. The van der Waals surface area contributed by atoms with Crippen LogP contribution in [-0.2, 0) is 0 Å². The van der Waals surface area contributed by atoms with Crippen molar-refractivity contribution >= 4 is 11.8 Å². The molecule has 0 saturated carbocycles. The Morgan fingerprint density at radius 3 is 2.27 bits per heavy atom. The molecule has 0 amide bonds. The van der Waals surface area contributed by atoms with E-state index in [0.29, 0.717) is 4.87 Å². The molecule has 66 valence electrons. The number of thioether (sulfide) groups is 1. The van der Waals surface area contributed by atoms with Crippen molar-refractivity contribution in [2.24, 2.45) is 0 Å². The van der Waals surface area contributed by atoms with Crippen LogP contribution in [-0.4, -0.2) is 42.2 Å². The van der Waals surface area contributed by atoms with E-state index < -0.39 is 0 Å². The molecule has 0 unspecified atom stereocenters. The minimum absolute atomic E-state index is 0.322. The molecule has 0 spiro atoms. The predicted molar refractivity (Wildman–Crippen MR) is 52.0 cm³/mol. The van der Waals surface area contributed by atoms with E-state index in [1.165, 1.54) is 13.1 Å². The summed E-state index contributed by atoms with van der Waals surface area (Å²) in [6.45, 7) is 9.25. The van der Waals surface area contributed by atoms with Crippen LogP contribution in [0.3, 0.4) is 0 Å². The lowest BCUT2D eigenvalue weighted by atomic mass is 10.2. The SMILES string of the molecule is CSC(C)(C)N1CCNCC1. The van der Waals surface area contributed by atoms with Gasteiger partial charge in [-0.1, -0.05) is 0 Å². The summed E-state index contributed by atoms with van der Waals surface area (Å²) in [5.74, 6) is 0. The summed E-state index contributed by atoms with van der Waals surface area (Å²) in [5, 5.41) is 3.36. The Labute approximate surface area is 73.7 Å². The van der Waals surface area contributed by atoms with E-state index in [4.69, 9.17) is 0 Å². The van der Waals surface area contributed by atoms with Crippen LogP contribution < -0.4 is 5.32 Å². The lowest BCUT2D eigenvalue weighted by molar-refractivity contribution is 0.173. The van der Waals surface area contributed by atoms with Gasteiger partial charge in [0.05, 0.1) is 4.87 Å². The zero-order valence-electron chi connectivity index (χ0n) is 7.68. The molecule has 0 bridgehead atoms. The molecule has 1 rings (SSSR count). The first kappa shape index (κ1) is 9.36. The highest BCUT2D eigenvalue weighted by molar-refractivity contribution is 7.99. The molecule has 1 aliphatic heterocycles. The highest BCUT2D eigenvalue weighted by atomic mass is 32.2. The fraction of sp³-hybridized carbons (Fsp3) is 1.00. The summed E-state index contributed by atoms with van der Waals surface area (Å²) >= 11 is 1.93. The fourth-order valence-electron chi connectivity index (χ4n) is 1.33. The van der Waals surface area contributed by atoms with Gasteiger partial charge in [0.1, 0.15) is 0 Å². The van der Waals surface area contributed by atoms with Crippen LogP contribution in [0.1, 0.15) is 13.8 Å². The van der Waals surface area contributed by atoms with Gasteiger partial charge in [0.2, 0.25) is 0 Å². The van der Waals surface area contributed by atoms with Gasteiger partial charge in [-0.15, -0.1) is 11.8 Å². The van der Waals surface area contributed by atoms with Crippen LogP contribution in [0, 0.1) is 0 Å². The summed E-state index contributed by atoms with van der Waals surface area (Å²) < 4.78 is 0. The quantitative estimate of drug-likeness (QED) is 0.672. The fourth-order valence-corrected chi connectivity index (χ4v) is 1.77. The highest BCUT2D eigenvalue weighted by Crippen LogP contribution is 2.25. The van der Waals surface area contributed by atoms with Crippen molar-refractivity contribution in [1.82, 2.24) is 10.2 Å². The van der Waals surface area contributed by atoms with Gasteiger partial charge in [0.15, 0.2) is 0 Å². The normalized spacial score (nSPS) is 22.1. The van der Waals surface area contributed by atoms with E-state index in [-0.39, 0.29) is 0 Å². The number of hydrogen-bond acceptors (Lipinski definition) is 3. The Bertz CT molecular complexity index is 119. The van der Waals surface area contributed by atoms with Crippen molar-refractivity contribution in [2.75, 3.05) is 32.4 Å². The third-order valence-electron chi connectivity index (χ3n) is 2.38. The molecule has 0 aromatic heterocycles. The van der Waals surface area contributed by atoms with Crippen LogP contribution >= 0.6 is 11.8 Å². The first-order valence-corrected chi connectivity index (χ1v) is 5.40. The van der Waals surface area contributed by atoms with Crippen molar-refractivity contribution in [3.63, 3.8) is 0 Å². The van der Waals surface area contributed by atoms with Crippen LogP contribution in [0.15, 0.2) is 0 Å². The Morgan fingerprint density at radius 2 is 1.82 bits per heavy atom. The summed E-state index contributed by atoms with van der Waals surface area (Å²) in [6.07, 6.45) is 2.18. The topological polar surface area (TPSA) is 15.3 Å².